The van der Waals surface area contributed by atoms with Crippen LogP contribution in [-0.2, 0) is 11.2 Å². The van der Waals surface area contributed by atoms with Crippen molar-refractivity contribution in [3.63, 3.8) is 0 Å². The first kappa shape index (κ1) is 18.4. The molecule has 5 nitrogen and oxygen atoms in total. The molecule has 2 aromatic rings. The molecule has 2 N–H and O–H groups in total. The predicted molar refractivity (Wildman–Crippen MR) is 107 cm³/mol. The van der Waals surface area contributed by atoms with E-state index in [9.17, 15) is 14.9 Å². The molecule has 0 aromatic carbocycles. The van der Waals surface area contributed by atoms with E-state index in [1.807, 2.05) is 24.3 Å². The maximum Gasteiger partial charge on any atom is 0.238 e. The molecule has 27 heavy (non-hydrogen) atoms. The number of hydrogen-bond acceptors (Lipinski definition) is 6. The molecule has 1 aliphatic heterocycles. The van der Waals surface area contributed by atoms with Gasteiger partial charge in [0.2, 0.25) is 5.91 Å². The molecule has 0 unspecified atom stereocenters. The molecule has 140 valence electrons. The first-order chi connectivity index (χ1) is 13.0. The number of carbonyl (C=O) groups is 2. The van der Waals surface area contributed by atoms with Crippen LogP contribution in [0.2, 0.25) is 0 Å². The Labute approximate surface area is 166 Å². The van der Waals surface area contributed by atoms with Crippen LogP contribution < -0.4 is 10.6 Å². The summed E-state index contributed by atoms with van der Waals surface area (Å²) in [5, 5.41) is 15.8. The second kappa shape index (κ2) is 7.55. The van der Waals surface area contributed by atoms with Crippen LogP contribution in [0.15, 0.2) is 24.3 Å². The molecule has 1 saturated heterocycles. The van der Waals surface area contributed by atoms with Crippen molar-refractivity contribution >= 4 is 34.4 Å². The van der Waals surface area contributed by atoms with Crippen LogP contribution in [0.3, 0.4) is 0 Å². The van der Waals surface area contributed by atoms with Gasteiger partial charge in [0.05, 0.1) is 17.0 Å². The molecule has 0 radical (unpaired) electrons. The van der Waals surface area contributed by atoms with Crippen molar-refractivity contribution in [2.24, 2.45) is 5.92 Å². The Morgan fingerprint density at radius 1 is 1.26 bits per heavy atom. The fourth-order valence-corrected chi connectivity index (χ4v) is 6.07. The Bertz CT molecular complexity index is 910. The Morgan fingerprint density at radius 3 is 2.67 bits per heavy atom. The van der Waals surface area contributed by atoms with Crippen molar-refractivity contribution in [1.29, 1.82) is 5.26 Å². The lowest BCUT2D eigenvalue weighted by Gasteiger charge is -2.23. The van der Waals surface area contributed by atoms with Gasteiger partial charge in [-0.25, -0.2) is 0 Å². The zero-order valence-corrected chi connectivity index (χ0v) is 16.7. The standard InChI is InChI=1S/C20H21N3O2S2/c1-11(24)16-6-7-18(27-16)17-5-4-15(26-17)9-14(10-21)23-20(25)19-12-2-3-13(8-12)22-19/h4-7,12-14,19,22H,2-3,8-9H2,1H3,(H,23,25)/t12-,13+,14-,19-/m0/s1. The maximum absolute atomic E-state index is 12.5. The fraction of sp³-hybridized carbons (Fsp3) is 0.450. The maximum atomic E-state index is 12.5. The van der Waals surface area contributed by atoms with Crippen molar-refractivity contribution in [2.45, 2.75) is 50.7 Å². The summed E-state index contributed by atoms with van der Waals surface area (Å²) in [6, 6.07) is 9.85. The van der Waals surface area contributed by atoms with Crippen molar-refractivity contribution < 1.29 is 9.59 Å². The van der Waals surface area contributed by atoms with Gasteiger partial charge in [-0.05, 0) is 56.4 Å². The van der Waals surface area contributed by atoms with Crippen molar-refractivity contribution in [3.8, 4) is 15.8 Å². The molecule has 2 aromatic heterocycles. The molecule has 1 saturated carbocycles. The highest BCUT2D eigenvalue weighted by Gasteiger charge is 2.43. The number of fused-ring (bicyclic) bond motifs is 2. The van der Waals surface area contributed by atoms with Crippen molar-refractivity contribution in [2.75, 3.05) is 0 Å². The van der Waals surface area contributed by atoms with Crippen molar-refractivity contribution in [3.05, 3.63) is 34.0 Å². The molecule has 7 heteroatoms. The van der Waals surface area contributed by atoms with Gasteiger partial charge in [0.25, 0.3) is 0 Å². The summed E-state index contributed by atoms with van der Waals surface area (Å²) < 4.78 is 0. The van der Waals surface area contributed by atoms with E-state index in [1.165, 1.54) is 11.3 Å². The summed E-state index contributed by atoms with van der Waals surface area (Å²) in [6.07, 6.45) is 3.83. The average molecular weight is 400 g/mol. The number of nitrogens with zero attached hydrogens (tertiary/aromatic N) is 1. The van der Waals surface area contributed by atoms with Gasteiger partial charge in [-0.15, -0.1) is 22.7 Å². The average Bonchev–Trinajstić information content (AvgIpc) is 3.43. The highest BCUT2D eigenvalue weighted by atomic mass is 32.1. The second-order valence-corrected chi connectivity index (χ2v) is 9.55. The third-order valence-corrected chi connectivity index (χ3v) is 7.87. The highest BCUT2D eigenvalue weighted by molar-refractivity contribution is 7.23. The lowest BCUT2D eigenvalue weighted by molar-refractivity contribution is -0.124. The van der Waals surface area contributed by atoms with E-state index in [2.05, 4.69) is 16.7 Å². The van der Waals surface area contributed by atoms with Gasteiger partial charge in [-0.2, -0.15) is 5.26 Å². The zero-order chi connectivity index (χ0) is 19.0. The Kier molecular flexibility index (Phi) is 5.13. The summed E-state index contributed by atoms with van der Waals surface area (Å²) in [7, 11) is 0. The number of ketones is 1. The number of Topliss-reactive ketones (excluding diaryl/α,β-unsaturated/α-hetero) is 1. The topological polar surface area (TPSA) is 82.0 Å². The lowest BCUT2D eigenvalue weighted by atomic mass is 9.99. The number of thiophene rings is 2. The molecular formula is C20H21N3O2S2. The number of nitriles is 1. The molecule has 4 atom stereocenters. The molecule has 3 heterocycles. The van der Waals surface area contributed by atoms with Gasteiger partial charge >= 0.3 is 0 Å². The minimum atomic E-state index is -0.527. The molecule has 2 fully saturated rings. The number of piperidine rings is 1. The summed E-state index contributed by atoms with van der Waals surface area (Å²) in [5.74, 6) is 0.441. The van der Waals surface area contributed by atoms with Crippen LogP contribution in [0.1, 0.15) is 40.7 Å². The third-order valence-electron chi connectivity index (χ3n) is 5.38. The molecule has 1 aliphatic carbocycles. The van der Waals surface area contributed by atoms with Gasteiger partial charge < -0.3 is 10.6 Å². The highest BCUT2D eigenvalue weighted by Crippen LogP contribution is 2.36. The van der Waals surface area contributed by atoms with Crippen LogP contribution >= 0.6 is 22.7 Å². The number of nitrogens with one attached hydrogen (secondary N) is 2. The van der Waals surface area contributed by atoms with Gasteiger partial charge in [0.1, 0.15) is 6.04 Å². The summed E-state index contributed by atoms with van der Waals surface area (Å²) in [5.41, 5.74) is 0. The minimum absolute atomic E-state index is 0.0464. The van der Waals surface area contributed by atoms with Crippen LogP contribution in [-0.4, -0.2) is 29.8 Å². The number of amides is 1. The molecule has 1 amide bonds. The smallest absolute Gasteiger partial charge is 0.238 e. The van der Waals surface area contributed by atoms with Crippen molar-refractivity contribution in [1.82, 2.24) is 10.6 Å². The number of rotatable bonds is 6. The fourth-order valence-electron chi connectivity index (χ4n) is 4.02. The summed E-state index contributed by atoms with van der Waals surface area (Å²) >= 11 is 3.09. The van der Waals surface area contributed by atoms with E-state index < -0.39 is 6.04 Å². The molecule has 2 bridgehead atoms. The SMILES string of the molecule is CC(=O)c1ccc(-c2ccc(C[C@@H](C#N)NC(=O)[C@H]3N[C@@H]4CC[C@H]3C4)s2)s1. The molecule has 0 spiro atoms. The normalized spacial score (nSPS) is 24.5. The van der Waals surface area contributed by atoms with Crippen LogP contribution in [0.4, 0.5) is 0 Å². The van der Waals surface area contributed by atoms with Gasteiger partial charge in [0.15, 0.2) is 5.78 Å². The van der Waals surface area contributed by atoms with Gasteiger partial charge in [0, 0.05) is 27.1 Å². The molecule has 4 rings (SSSR count). The Balaban J connectivity index is 1.39. The third kappa shape index (κ3) is 3.84. The van der Waals surface area contributed by atoms with Gasteiger partial charge in [-0.3, -0.25) is 9.59 Å². The van der Waals surface area contributed by atoms with E-state index in [-0.39, 0.29) is 17.7 Å². The van der Waals surface area contributed by atoms with Gasteiger partial charge in [-0.1, -0.05) is 0 Å². The van der Waals surface area contributed by atoms with E-state index in [1.54, 1.807) is 18.3 Å². The molecule has 2 aliphatic rings. The van der Waals surface area contributed by atoms with Crippen LogP contribution in [0.25, 0.3) is 9.75 Å². The van der Waals surface area contributed by atoms with E-state index in [4.69, 9.17) is 0 Å². The lowest BCUT2D eigenvalue weighted by Crippen LogP contribution is -2.50. The predicted octanol–water partition coefficient (Wildman–Crippen LogP) is 3.37. The second-order valence-electron chi connectivity index (χ2n) is 7.29. The Morgan fingerprint density at radius 2 is 2.04 bits per heavy atom. The minimum Gasteiger partial charge on any atom is -0.339 e. The van der Waals surface area contributed by atoms with E-state index in [0.717, 1.165) is 38.8 Å². The quantitative estimate of drug-likeness (QED) is 0.730. The van der Waals surface area contributed by atoms with E-state index >= 15 is 0 Å². The summed E-state index contributed by atoms with van der Waals surface area (Å²) in [4.78, 5) is 27.9. The number of hydrogen-bond donors (Lipinski definition) is 2. The largest absolute Gasteiger partial charge is 0.339 e. The van der Waals surface area contributed by atoms with Crippen LogP contribution in [0.5, 0.6) is 0 Å². The first-order valence-electron chi connectivity index (χ1n) is 9.19. The Hall–Kier alpha value is -2.01. The first-order valence-corrected chi connectivity index (χ1v) is 10.8. The van der Waals surface area contributed by atoms with Crippen LogP contribution in [0, 0.1) is 17.2 Å². The molecular weight excluding hydrogens is 378 g/mol. The van der Waals surface area contributed by atoms with E-state index in [0.29, 0.717) is 18.4 Å². The zero-order valence-electron chi connectivity index (χ0n) is 15.0. The summed E-state index contributed by atoms with van der Waals surface area (Å²) in [6.45, 7) is 1.57. The number of carbonyl (C=O) groups excluding carboxylic acids is 2. The monoisotopic (exact) mass is 399 g/mol.